The number of ether oxygens (including phenoxy) is 2. The van der Waals surface area contributed by atoms with Gasteiger partial charge in [0.15, 0.2) is 0 Å². The summed E-state index contributed by atoms with van der Waals surface area (Å²) in [5, 5.41) is 12.0. The molecule has 0 aliphatic carbocycles. The van der Waals surface area contributed by atoms with Crippen molar-refractivity contribution >= 4 is 11.9 Å². The van der Waals surface area contributed by atoms with Crippen LogP contribution in [0.4, 0.5) is 0 Å². The van der Waals surface area contributed by atoms with Crippen LogP contribution in [-0.4, -0.2) is 36.3 Å². The summed E-state index contributed by atoms with van der Waals surface area (Å²) < 4.78 is 10.7. The highest BCUT2D eigenvalue weighted by Gasteiger charge is 2.22. The van der Waals surface area contributed by atoms with Crippen molar-refractivity contribution in [3.63, 3.8) is 0 Å². The standard InChI is InChI=1S/C17H23NO5/c1-11-3-5-13(23-11)6-8-16(19)18-10-12-4-7-15(22-2)14(9-12)17(20)21/h4,7,9,11,13H,3,5-6,8,10H2,1-2H3,(H,18,19)(H,20,21)/t11-,13-/m0/s1. The van der Waals surface area contributed by atoms with Gasteiger partial charge in [-0.15, -0.1) is 0 Å². The lowest BCUT2D eigenvalue weighted by Gasteiger charge is -2.11. The first-order valence-corrected chi connectivity index (χ1v) is 7.82. The summed E-state index contributed by atoms with van der Waals surface area (Å²) in [6.45, 7) is 2.34. The molecule has 1 amide bonds. The lowest BCUT2D eigenvalue weighted by Crippen LogP contribution is -2.24. The first kappa shape index (κ1) is 17.3. The third-order valence-electron chi connectivity index (χ3n) is 4.00. The van der Waals surface area contributed by atoms with Gasteiger partial charge in [-0.3, -0.25) is 4.79 Å². The molecule has 1 saturated heterocycles. The molecule has 0 bridgehead atoms. The first-order valence-electron chi connectivity index (χ1n) is 7.82. The van der Waals surface area contributed by atoms with E-state index in [1.807, 2.05) is 6.92 Å². The van der Waals surface area contributed by atoms with Crippen LogP contribution in [0.3, 0.4) is 0 Å². The van der Waals surface area contributed by atoms with Crippen molar-refractivity contribution in [3.8, 4) is 5.75 Å². The van der Waals surface area contributed by atoms with E-state index in [4.69, 9.17) is 14.6 Å². The van der Waals surface area contributed by atoms with Gasteiger partial charge in [0.1, 0.15) is 11.3 Å². The van der Waals surface area contributed by atoms with Crippen molar-refractivity contribution in [1.29, 1.82) is 0 Å². The zero-order chi connectivity index (χ0) is 16.8. The first-order chi connectivity index (χ1) is 11.0. The SMILES string of the molecule is COc1ccc(CNC(=O)CC[C@@H]2CC[C@H](C)O2)cc1C(=O)O. The Hall–Kier alpha value is -2.08. The van der Waals surface area contributed by atoms with Crippen molar-refractivity contribution in [2.45, 2.75) is 51.4 Å². The maximum Gasteiger partial charge on any atom is 0.339 e. The maximum absolute atomic E-state index is 11.9. The Morgan fingerprint density at radius 3 is 2.78 bits per heavy atom. The summed E-state index contributed by atoms with van der Waals surface area (Å²) in [5.41, 5.74) is 0.815. The average Bonchev–Trinajstić information content (AvgIpc) is 2.96. The average molecular weight is 321 g/mol. The maximum atomic E-state index is 11.9. The highest BCUT2D eigenvalue weighted by atomic mass is 16.5. The number of aromatic carboxylic acids is 1. The molecule has 6 nitrogen and oxygen atoms in total. The van der Waals surface area contributed by atoms with Crippen molar-refractivity contribution in [2.24, 2.45) is 0 Å². The van der Waals surface area contributed by atoms with Crippen LogP contribution in [0.1, 0.15) is 48.5 Å². The van der Waals surface area contributed by atoms with Gasteiger partial charge < -0.3 is 19.9 Å². The molecular formula is C17H23NO5. The lowest BCUT2D eigenvalue weighted by molar-refractivity contribution is -0.122. The van der Waals surface area contributed by atoms with Gasteiger partial charge in [0.05, 0.1) is 19.3 Å². The number of nitrogens with one attached hydrogen (secondary N) is 1. The number of carboxylic acid groups (broad SMARTS) is 1. The molecule has 2 N–H and O–H groups in total. The number of benzene rings is 1. The second-order valence-electron chi connectivity index (χ2n) is 5.80. The van der Waals surface area contributed by atoms with Gasteiger partial charge in [0.2, 0.25) is 5.91 Å². The predicted octanol–water partition coefficient (Wildman–Crippen LogP) is 2.36. The Balaban J connectivity index is 1.82. The summed E-state index contributed by atoms with van der Waals surface area (Å²) in [7, 11) is 1.43. The molecular weight excluding hydrogens is 298 g/mol. The summed E-state index contributed by atoms with van der Waals surface area (Å²) in [6, 6.07) is 4.86. The number of carboxylic acids is 1. The predicted molar refractivity (Wildman–Crippen MR) is 84.6 cm³/mol. The molecule has 0 saturated carbocycles. The third-order valence-corrected chi connectivity index (χ3v) is 4.00. The van der Waals surface area contributed by atoms with Gasteiger partial charge in [-0.25, -0.2) is 4.79 Å². The Bertz CT molecular complexity index is 572. The van der Waals surface area contributed by atoms with E-state index in [0.29, 0.717) is 18.7 Å². The van der Waals surface area contributed by atoms with E-state index in [9.17, 15) is 9.59 Å². The topological polar surface area (TPSA) is 84.9 Å². The smallest absolute Gasteiger partial charge is 0.339 e. The van der Waals surface area contributed by atoms with E-state index in [1.165, 1.54) is 13.2 Å². The van der Waals surface area contributed by atoms with Crippen molar-refractivity contribution in [2.75, 3.05) is 7.11 Å². The van der Waals surface area contributed by atoms with Gasteiger partial charge in [-0.1, -0.05) is 6.07 Å². The van der Waals surface area contributed by atoms with E-state index >= 15 is 0 Å². The monoisotopic (exact) mass is 321 g/mol. The number of methoxy groups -OCH3 is 1. The molecule has 1 aliphatic heterocycles. The fourth-order valence-electron chi connectivity index (χ4n) is 2.71. The minimum atomic E-state index is -1.05. The van der Waals surface area contributed by atoms with E-state index in [2.05, 4.69) is 5.32 Å². The van der Waals surface area contributed by atoms with Crippen LogP contribution in [0.25, 0.3) is 0 Å². The number of amides is 1. The highest BCUT2D eigenvalue weighted by molar-refractivity contribution is 5.91. The van der Waals surface area contributed by atoms with Gasteiger partial charge in [0.25, 0.3) is 0 Å². The van der Waals surface area contributed by atoms with Gasteiger partial charge in [-0.05, 0) is 43.9 Å². The number of carbonyl (C=O) groups is 2. The van der Waals surface area contributed by atoms with Gasteiger partial charge in [0, 0.05) is 13.0 Å². The number of rotatable bonds is 7. The molecule has 2 atom stereocenters. The van der Waals surface area contributed by atoms with Crippen LogP contribution in [0.5, 0.6) is 5.75 Å². The van der Waals surface area contributed by atoms with Crippen LogP contribution >= 0.6 is 0 Å². The molecule has 1 heterocycles. The number of hydrogen-bond acceptors (Lipinski definition) is 4. The van der Waals surface area contributed by atoms with Gasteiger partial charge >= 0.3 is 5.97 Å². The van der Waals surface area contributed by atoms with Crippen LogP contribution < -0.4 is 10.1 Å². The minimum absolute atomic E-state index is 0.0548. The normalized spacial score (nSPS) is 20.3. The van der Waals surface area contributed by atoms with Crippen LogP contribution in [-0.2, 0) is 16.1 Å². The number of carbonyl (C=O) groups excluding carboxylic acids is 1. The van der Waals surface area contributed by atoms with Crippen molar-refractivity contribution in [3.05, 3.63) is 29.3 Å². The molecule has 23 heavy (non-hydrogen) atoms. The summed E-state index contributed by atoms with van der Waals surface area (Å²) in [4.78, 5) is 23.1. The molecule has 126 valence electrons. The van der Waals surface area contributed by atoms with Crippen LogP contribution in [0.2, 0.25) is 0 Å². The minimum Gasteiger partial charge on any atom is -0.496 e. The molecule has 0 unspecified atom stereocenters. The van der Waals surface area contributed by atoms with Crippen molar-refractivity contribution in [1.82, 2.24) is 5.32 Å². The highest BCUT2D eigenvalue weighted by Crippen LogP contribution is 2.22. The van der Waals surface area contributed by atoms with Crippen LogP contribution in [0.15, 0.2) is 18.2 Å². The molecule has 1 aromatic rings. The molecule has 0 radical (unpaired) electrons. The molecule has 0 spiro atoms. The van der Waals surface area contributed by atoms with E-state index < -0.39 is 5.97 Å². The Morgan fingerprint density at radius 1 is 1.39 bits per heavy atom. The van der Waals surface area contributed by atoms with E-state index in [0.717, 1.165) is 24.8 Å². The fraction of sp³-hybridized carbons (Fsp3) is 0.529. The Morgan fingerprint density at radius 2 is 2.17 bits per heavy atom. The zero-order valence-corrected chi connectivity index (χ0v) is 13.5. The molecule has 1 fully saturated rings. The Labute approximate surface area is 135 Å². The third kappa shape index (κ3) is 4.96. The number of hydrogen-bond donors (Lipinski definition) is 2. The zero-order valence-electron chi connectivity index (χ0n) is 13.5. The molecule has 2 rings (SSSR count). The van der Waals surface area contributed by atoms with Crippen molar-refractivity contribution < 1.29 is 24.2 Å². The summed E-state index contributed by atoms with van der Waals surface area (Å²) in [6.07, 6.45) is 3.66. The van der Waals surface area contributed by atoms with E-state index in [-0.39, 0.29) is 23.7 Å². The quantitative estimate of drug-likeness (QED) is 0.805. The molecule has 0 aromatic heterocycles. The van der Waals surface area contributed by atoms with Crippen LogP contribution in [0, 0.1) is 0 Å². The van der Waals surface area contributed by atoms with Gasteiger partial charge in [-0.2, -0.15) is 0 Å². The summed E-state index contributed by atoms with van der Waals surface area (Å²) >= 11 is 0. The second kappa shape index (κ2) is 7.97. The van der Waals surface area contributed by atoms with E-state index in [1.54, 1.807) is 12.1 Å². The Kier molecular flexibility index (Phi) is 5.98. The molecule has 6 heteroatoms. The summed E-state index contributed by atoms with van der Waals surface area (Å²) in [5.74, 6) is -0.802. The lowest BCUT2D eigenvalue weighted by atomic mass is 10.1. The largest absolute Gasteiger partial charge is 0.496 e. The molecule has 1 aromatic carbocycles. The fourth-order valence-corrected chi connectivity index (χ4v) is 2.71. The molecule has 1 aliphatic rings. The second-order valence-corrected chi connectivity index (χ2v) is 5.80.